The highest BCUT2D eigenvalue weighted by molar-refractivity contribution is 5.98. The lowest BCUT2D eigenvalue weighted by molar-refractivity contribution is -0.118. The molecule has 1 amide bonds. The van der Waals surface area contributed by atoms with Crippen LogP contribution in [0.5, 0.6) is 0 Å². The van der Waals surface area contributed by atoms with Crippen molar-refractivity contribution in [1.82, 2.24) is 4.90 Å². The maximum atomic E-state index is 13.6. The van der Waals surface area contributed by atoms with E-state index >= 15 is 0 Å². The topological polar surface area (TPSA) is 36.0 Å². The van der Waals surface area contributed by atoms with E-state index in [9.17, 15) is 9.18 Å². The summed E-state index contributed by atoms with van der Waals surface area (Å²) < 4.78 is 19.1. The first-order valence-corrected chi connectivity index (χ1v) is 8.19. The smallest absolute Gasteiger partial charge is 0.228 e. The standard InChI is InChI=1S/C17H24FN3O2/c1-13-12-23-10-9-20(13)7-8-21-6-5-17(22)19(2)16-11-14(18)3-4-15(16)21/h3-4,11,13H,5-10,12H2,1-2H3. The molecule has 1 unspecified atom stereocenters. The van der Waals surface area contributed by atoms with Crippen molar-refractivity contribution in [2.45, 2.75) is 19.4 Å². The van der Waals surface area contributed by atoms with Crippen molar-refractivity contribution in [2.24, 2.45) is 0 Å². The number of anilines is 2. The van der Waals surface area contributed by atoms with Crippen molar-refractivity contribution in [2.75, 3.05) is 56.2 Å². The summed E-state index contributed by atoms with van der Waals surface area (Å²) in [4.78, 5) is 18.3. The van der Waals surface area contributed by atoms with E-state index in [1.165, 1.54) is 12.1 Å². The first kappa shape index (κ1) is 16.2. The Kier molecular flexibility index (Phi) is 4.82. The first-order valence-electron chi connectivity index (χ1n) is 8.19. The van der Waals surface area contributed by atoms with Crippen LogP contribution in [0.25, 0.3) is 0 Å². The predicted molar refractivity (Wildman–Crippen MR) is 88.5 cm³/mol. The third-order valence-corrected chi connectivity index (χ3v) is 4.77. The number of carbonyl (C=O) groups excluding carboxylic acids is 1. The Hall–Kier alpha value is -1.66. The zero-order valence-electron chi connectivity index (χ0n) is 13.8. The van der Waals surface area contributed by atoms with Crippen molar-refractivity contribution >= 4 is 17.3 Å². The van der Waals surface area contributed by atoms with Crippen LogP contribution in [-0.2, 0) is 9.53 Å². The van der Waals surface area contributed by atoms with Gasteiger partial charge in [-0.2, -0.15) is 0 Å². The van der Waals surface area contributed by atoms with Gasteiger partial charge in [-0.25, -0.2) is 4.39 Å². The molecule has 0 radical (unpaired) electrons. The molecule has 1 fully saturated rings. The van der Waals surface area contributed by atoms with Crippen molar-refractivity contribution in [3.8, 4) is 0 Å². The predicted octanol–water partition coefficient (Wildman–Crippen LogP) is 1.72. The van der Waals surface area contributed by atoms with Crippen LogP contribution in [0.4, 0.5) is 15.8 Å². The molecule has 23 heavy (non-hydrogen) atoms. The second-order valence-electron chi connectivity index (χ2n) is 6.28. The van der Waals surface area contributed by atoms with E-state index in [4.69, 9.17) is 4.74 Å². The summed E-state index contributed by atoms with van der Waals surface area (Å²) in [7, 11) is 1.72. The van der Waals surface area contributed by atoms with Gasteiger partial charge in [0.15, 0.2) is 0 Å². The van der Waals surface area contributed by atoms with Crippen LogP contribution in [0.1, 0.15) is 13.3 Å². The maximum absolute atomic E-state index is 13.6. The molecule has 0 saturated carbocycles. The Bertz CT molecular complexity index is 581. The molecular weight excluding hydrogens is 297 g/mol. The fourth-order valence-electron chi connectivity index (χ4n) is 3.26. The molecule has 1 aromatic rings. The number of rotatable bonds is 3. The average Bonchev–Trinajstić information content (AvgIpc) is 2.66. The second kappa shape index (κ2) is 6.84. The summed E-state index contributed by atoms with van der Waals surface area (Å²) >= 11 is 0. The Labute approximate surface area is 136 Å². The highest BCUT2D eigenvalue weighted by atomic mass is 19.1. The van der Waals surface area contributed by atoms with E-state index in [0.29, 0.717) is 24.7 Å². The van der Waals surface area contributed by atoms with Crippen molar-refractivity contribution < 1.29 is 13.9 Å². The molecule has 6 heteroatoms. The molecule has 1 saturated heterocycles. The summed E-state index contributed by atoms with van der Waals surface area (Å²) in [5.41, 5.74) is 1.59. The van der Waals surface area contributed by atoms with Crippen LogP contribution >= 0.6 is 0 Å². The van der Waals surface area contributed by atoms with Gasteiger partial charge in [0.2, 0.25) is 5.91 Å². The van der Waals surface area contributed by atoms with E-state index < -0.39 is 0 Å². The van der Waals surface area contributed by atoms with E-state index in [1.54, 1.807) is 18.0 Å². The largest absolute Gasteiger partial charge is 0.379 e. The summed E-state index contributed by atoms with van der Waals surface area (Å²) in [5, 5.41) is 0. The van der Waals surface area contributed by atoms with Crippen LogP contribution in [0, 0.1) is 5.82 Å². The Morgan fingerprint density at radius 3 is 2.87 bits per heavy atom. The number of benzene rings is 1. The van der Waals surface area contributed by atoms with Gasteiger partial charge in [0, 0.05) is 45.7 Å². The van der Waals surface area contributed by atoms with Gasteiger partial charge in [0.1, 0.15) is 5.82 Å². The van der Waals surface area contributed by atoms with Crippen LogP contribution < -0.4 is 9.80 Å². The number of hydrogen-bond donors (Lipinski definition) is 0. The van der Waals surface area contributed by atoms with Crippen molar-refractivity contribution in [1.29, 1.82) is 0 Å². The van der Waals surface area contributed by atoms with Gasteiger partial charge < -0.3 is 14.5 Å². The van der Waals surface area contributed by atoms with Gasteiger partial charge in [0.05, 0.1) is 24.6 Å². The number of hydrogen-bond acceptors (Lipinski definition) is 4. The third-order valence-electron chi connectivity index (χ3n) is 4.77. The zero-order chi connectivity index (χ0) is 16.4. The Morgan fingerprint density at radius 1 is 1.26 bits per heavy atom. The quantitative estimate of drug-likeness (QED) is 0.849. The fraction of sp³-hybridized carbons (Fsp3) is 0.588. The monoisotopic (exact) mass is 321 g/mol. The van der Waals surface area contributed by atoms with Crippen molar-refractivity contribution in [3.63, 3.8) is 0 Å². The lowest BCUT2D eigenvalue weighted by Crippen LogP contribution is -2.47. The van der Waals surface area contributed by atoms with Gasteiger partial charge in [-0.1, -0.05) is 0 Å². The molecule has 1 atom stereocenters. The highest BCUT2D eigenvalue weighted by Crippen LogP contribution is 2.32. The molecular formula is C17H24FN3O2. The highest BCUT2D eigenvalue weighted by Gasteiger charge is 2.25. The van der Waals surface area contributed by atoms with E-state index in [1.807, 2.05) is 0 Å². The van der Waals surface area contributed by atoms with E-state index in [2.05, 4.69) is 16.7 Å². The molecule has 3 rings (SSSR count). The number of morpholine rings is 1. The molecule has 0 bridgehead atoms. The Morgan fingerprint density at radius 2 is 2.09 bits per heavy atom. The lowest BCUT2D eigenvalue weighted by atomic mass is 10.2. The molecule has 0 spiro atoms. The summed E-state index contributed by atoms with van der Waals surface area (Å²) in [6.45, 7) is 7.05. The normalized spacial score (nSPS) is 22.9. The minimum absolute atomic E-state index is 0.0269. The Balaban J connectivity index is 1.77. The SMILES string of the molecule is CC1COCCN1CCN1CCC(=O)N(C)c2cc(F)ccc21. The number of amides is 1. The molecule has 0 N–H and O–H groups in total. The fourth-order valence-corrected chi connectivity index (χ4v) is 3.26. The van der Waals surface area contributed by atoms with Gasteiger partial charge >= 0.3 is 0 Å². The van der Waals surface area contributed by atoms with Gasteiger partial charge in [0.25, 0.3) is 0 Å². The molecule has 2 aliphatic rings. The third kappa shape index (κ3) is 3.48. The zero-order valence-corrected chi connectivity index (χ0v) is 13.8. The molecule has 126 valence electrons. The molecule has 0 aliphatic carbocycles. The van der Waals surface area contributed by atoms with Gasteiger partial charge in [-0.3, -0.25) is 9.69 Å². The minimum atomic E-state index is -0.313. The van der Waals surface area contributed by atoms with Crippen LogP contribution in [0.2, 0.25) is 0 Å². The summed E-state index contributed by atoms with van der Waals surface area (Å²) in [5.74, 6) is -0.286. The van der Waals surface area contributed by atoms with Crippen LogP contribution in [0.3, 0.4) is 0 Å². The molecule has 0 aromatic heterocycles. The molecule has 2 aliphatic heterocycles. The van der Waals surface area contributed by atoms with Gasteiger partial charge in [-0.15, -0.1) is 0 Å². The van der Waals surface area contributed by atoms with E-state index in [0.717, 1.165) is 38.5 Å². The van der Waals surface area contributed by atoms with Crippen molar-refractivity contribution in [3.05, 3.63) is 24.0 Å². The number of halogens is 1. The summed E-state index contributed by atoms with van der Waals surface area (Å²) in [6.07, 6.45) is 0.450. The number of carbonyl (C=O) groups is 1. The second-order valence-corrected chi connectivity index (χ2v) is 6.28. The minimum Gasteiger partial charge on any atom is -0.379 e. The van der Waals surface area contributed by atoms with Gasteiger partial charge in [-0.05, 0) is 25.1 Å². The number of nitrogens with zero attached hydrogens (tertiary/aromatic N) is 3. The average molecular weight is 321 g/mol. The molecule has 5 nitrogen and oxygen atoms in total. The maximum Gasteiger partial charge on any atom is 0.228 e. The van der Waals surface area contributed by atoms with Crippen LogP contribution in [-0.4, -0.2) is 63.3 Å². The first-order chi connectivity index (χ1) is 11.1. The summed E-state index contributed by atoms with van der Waals surface area (Å²) in [6, 6.07) is 5.10. The van der Waals surface area contributed by atoms with E-state index in [-0.39, 0.29) is 11.7 Å². The number of ether oxygens (including phenoxy) is 1. The molecule has 1 aromatic carbocycles. The van der Waals surface area contributed by atoms with Crippen LogP contribution in [0.15, 0.2) is 18.2 Å². The number of fused-ring (bicyclic) bond motifs is 1. The lowest BCUT2D eigenvalue weighted by Gasteiger charge is -2.35. The molecule has 2 heterocycles.